The Balaban J connectivity index is 2.26. The van der Waals surface area contributed by atoms with Crippen LogP contribution in [0.15, 0.2) is 41.6 Å². The van der Waals surface area contributed by atoms with Gasteiger partial charge < -0.3 is 0 Å². The number of rotatable bonds is 3. The summed E-state index contributed by atoms with van der Waals surface area (Å²) >= 11 is 2.16. The van der Waals surface area contributed by atoms with Crippen LogP contribution >= 0.6 is 22.6 Å². The molecule has 0 saturated heterocycles. The van der Waals surface area contributed by atoms with Gasteiger partial charge in [0, 0.05) is 22.5 Å². The fraction of sp³-hybridized carbons (Fsp3) is 0.100. The number of aryl methyl sites for hydroxylation is 1. The smallest absolute Gasteiger partial charge is 0.265 e. The molecule has 0 saturated carbocycles. The highest BCUT2D eigenvalue weighted by Crippen LogP contribution is 2.16. The first-order valence-electron chi connectivity index (χ1n) is 4.74. The quantitative estimate of drug-likeness (QED) is 0.847. The molecule has 0 aliphatic heterocycles. The highest BCUT2D eigenvalue weighted by molar-refractivity contribution is 14.1. The summed E-state index contributed by atoms with van der Waals surface area (Å²) in [6.45, 7) is 0. The van der Waals surface area contributed by atoms with Crippen LogP contribution in [-0.2, 0) is 17.1 Å². The average Bonchev–Trinajstić information content (AvgIpc) is 2.69. The van der Waals surface area contributed by atoms with E-state index < -0.39 is 10.0 Å². The maximum atomic E-state index is 11.9. The minimum atomic E-state index is -3.54. The molecule has 0 radical (unpaired) electrons. The Morgan fingerprint density at radius 2 is 1.94 bits per heavy atom. The van der Waals surface area contributed by atoms with Crippen LogP contribution in [0.4, 0.5) is 5.69 Å². The Morgan fingerprint density at radius 3 is 2.47 bits per heavy atom. The van der Waals surface area contributed by atoms with E-state index in [1.165, 1.54) is 17.1 Å². The van der Waals surface area contributed by atoms with Crippen LogP contribution in [0.1, 0.15) is 0 Å². The standard InChI is InChI=1S/C10H10IN3O2S/c1-14-7-10(6-12-14)17(15,16)13-9-4-2-8(11)3-5-9/h2-7,13H,1H3. The maximum Gasteiger partial charge on any atom is 0.265 e. The predicted molar refractivity (Wildman–Crippen MR) is 73.2 cm³/mol. The minimum Gasteiger partial charge on any atom is -0.280 e. The fourth-order valence-electron chi connectivity index (χ4n) is 1.27. The first kappa shape index (κ1) is 12.4. The second-order valence-electron chi connectivity index (χ2n) is 3.46. The number of nitrogens with one attached hydrogen (secondary N) is 1. The van der Waals surface area contributed by atoms with E-state index in [2.05, 4.69) is 32.4 Å². The van der Waals surface area contributed by atoms with E-state index in [0.717, 1.165) is 3.57 Å². The van der Waals surface area contributed by atoms with E-state index in [1.54, 1.807) is 19.2 Å². The maximum absolute atomic E-state index is 11.9. The summed E-state index contributed by atoms with van der Waals surface area (Å²) in [5.74, 6) is 0. The van der Waals surface area contributed by atoms with Crippen LogP contribution in [0.3, 0.4) is 0 Å². The summed E-state index contributed by atoms with van der Waals surface area (Å²) in [5.41, 5.74) is 0.536. The van der Waals surface area contributed by atoms with E-state index in [9.17, 15) is 8.42 Å². The SMILES string of the molecule is Cn1cc(S(=O)(=O)Nc2ccc(I)cc2)cn1. The molecule has 17 heavy (non-hydrogen) atoms. The number of nitrogens with zero attached hydrogens (tertiary/aromatic N) is 2. The van der Waals surface area contributed by atoms with Gasteiger partial charge in [0.15, 0.2) is 0 Å². The predicted octanol–water partition coefficient (Wildman–Crippen LogP) is 1.83. The third kappa shape index (κ3) is 2.97. The van der Waals surface area contributed by atoms with E-state index in [4.69, 9.17) is 0 Å². The van der Waals surface area contributed by atoms with Crippen molar-refractivity contribution >= 4 is 38.3 Å². The second-order valence-corrected chi connectivity index (χ2v) is 6.39. The summed E-state index contributed by atoms with van der Waals surface area (Å²) in [4.78, 5) is 0.151. The molecule has 7 heteroatoms. The molecule has 1 heterocycles. The molecule has 2 aromatic rings. The summed E-state index contributed by atoms with van der Waals surface area (Å²) in [7, 11) is -1.87. The van der Waals surface area contributed by atoms with Crippen molar-refractivity contribution in [1.82, 2.24) is 9.78 Å². The van der Waals surface area contributed by atoms with Crippen molar-refractivity contribution in [2.24, 2.45) is 7.05 Å². The number of benzene rings is 1. The topological polar surface area (TPSA) is 64.0 Å². The van der Waals surface area contributed by atoms with E-state index in [1.807, 2.05) is 12.1 Å². The fourth-order valence-corrected chi connectivity index (χ4v) is 2.67. The molecular weight excluding hydrogens is 353 g/mol. The van der Waals surface area contributed by atoms with Crippen LogP contribution in [0.25, 0.3) is 0 Å². The van der Waals surface area contributed by atoms with Crippen LogP contribution in [0.5, 0.6) is 0 Å². The molecule has 0 fully saturated rings. The number of halogens is 1. The van der Waals surface area contributed by atoms with Gasteiger partial charge in [0.05, 0.1) is 6.20 Å². The van der Waals surface area contributed by atoms with E-state index in [0.29, 0.717) is 5.69 Å². The molecule has 90 valence electrons. The molecule has 0 atom stereocenters. The van der Waals surface area contributed by atoms with E-state index in [-0.39, 0.29) is 4.90 Å². The molecule has 0 aliphatic rings. The number of sulfonamides is 1. The molecule has 0 bridgehead atoms. The molecule has 1 aromatic heterocycles. The van der Waals surface area contributed by atoms with Gasteiger partial charge in [-0.2, -0.15) is 5.10 Å². The average molecular weight is 363 g/mol. The van der Waals surface area contributed by atoms with Crippen molar-refractivity contribution in [3.05, 3.63) is 40.2 Å². The lowest BCUT2D eigenvalue weighted by atomic mass is 10.3. The van der Waals surface area contributed by atoms with Crippen LogP contribution < -0.4 is 4.72 Å². The monoisotopic (exact) mass is 363 g/mol. The van der Waals surface area contributed by atoms with Crippen molar-refractivity contribution in [1.29, 1.82) is 0 Å². The molecular formula is C10H10IN3O2S. The minimum absolute atomic E-state index is 0.151. The van der Waals surface area contributed by atoms with E-state index >= 15 is 0 Å². The number of hydrogen-bond acceptors (Lipinski definition) is 3. The molecule has 0 spiro atoms. The van der Waals surface area contributed by atoms with Gasteiger partial charge in [-0.05, 0) is 46.9 Å². The zero-order valence-electron chi connectivity index (χ0n) is 8.96. The Bertz CT molecular complexity index is 619. The number of hydrogen-bond donors (Lipinski definition) is 1. The summed E-state index contributed by atoms with van der Waals surface area (Å²) in [6.07, 6.45) is 2.77. The lowest BCUT2D eigenvalue weighted by molar-refractivity contribution is 0.601. The van der Waals surface area contributed by atoms with Crippen LogP contribution in [0.2, 0.25) is 0 Å². The lowest BCUT2D eigenvalue weighted by Gasteiger charge is -2.05. The van der Waals surface area contributed by atoms with Gasteiger partial charge in [0.25, 0.3) is 10.0 Å². The Labute approximate surface area is 113 Å². The molecule has 1 aromatic carbocycles. The third-order valence-electron chi connectivity index (χ3n) is 2.09. The molecule has 1 N–H and O–H groups in total. The highest BCUT2D eigenvalue weighted by atomic mass is 127. The lowest BCUT2D eigenvalue weighted by Crippen LogP contribution is -2.12. The van der Waals surface area contributed by atoms with Gasteiger partial charge in [-0.3, -0.25) is 9.40 Å². The third-order valence-corrected chi connectivity index (χ3v) is 4.14. The van der Waals surface area contributed by atoms with Crippen molar-refractivity contribution in [3.8, 4) is 0 Å². The van der Waals surface area contributed by atoms with Gasteiger partial charge in [-0.25, -0.2) is 8.42 Å². The number of aromatic nitrogens is 2. The van der Waals surface area contributed by atoms with Gasteiger partial charge in [0.1, 0.15) is 4.90 Å². The molecule has 0 amide bonds. The van der Waals surface area contributed by atoms with Crippen molar-refractivity contribution in [2.75, 3.05) is 4.72 Å². The molecule has 5 nitrogen and oxygen atoms in total. The highest BCUT2D eigenvalue weighted by Gasteiger charge is 2.15. The van der Waals surface area contributed by atoms with Crippen LogP contribution in [0, 0.1) is 3.57 Å². The van der Waals surface area contributed by atoms with Crippen molar-refractivity contribution < 1.29 is 8.42 Å². The summed E-state index contributed by atoms with van der Waals surface area (Å²) < 4.78 is 28.9. The number of anilines is 1. The normalized spacial score (nSPS) is 11.4. The molecule has 0 aliphatic carbocycles. The van der Waals surface area contributed by atoms with Crippen molar-refractivity contribution in [2.45, 2.75) is 4.90 Å². The second kappa shape index (κ2) is 4.65. The summed E-state index contributed by atoms with van der Waals surface area (Å²) in [6, 6.07) is 7.11. The first-order chi connectivity index (χ1) is 7.97. The van der Waals surface area contributed by atoms with Crippen molar-refractivity contribution in [3.63, 3.8) is 0 Å². The molecule has 2 rings (SSSR count). The Hall–Kier alpha value is -1.09. The zero-order valence-corrected chi connectivity index (χ0v) is 11.9. The largest absolute Gasteiger partial charge is 0.280 e. The van der Waals surface area contributed by atoms with Gasteiger partial charge in [-0.1, -0.05) is 0 Å². The van der Waals surface area contributed by atoms with Crippen LogP contribution in [-0.4, -0.2) is 18.2 Å². The van der Waals surface area contributed by atoms with Gasteiger partial charge >= 0.3 is 0 Å². The Morgan fingerprint density at radius 1 is 1.29 bits per heavy atom. The first-order valence-corrected chi connectivity index (χ1v) is 7.30. The zero-order chi connectivity index (χ0) is 12.5. The van der Waals surface area contributed by atoms with Gasteiger partial charge in [0.2, 0.25) is 0 Å². The molecule has 0 unspecified atom stereocenters. The Kier molecular flexibility index (Phi) is 3.38. The summed E-state index contributed by atoms with van der Waals surface area (Å²) in [5, 5.41) is 3.83. The van der Waals surface area contributed by atoms with Gasteiger partial charge in [-0.15, -0.1) is 0 Å².